The van der Waals surface area contributed by atoms with E-state index in [9.17, 15) is 12.8 Å². The van der Waals surface area contributed by atoms with Gasteiger partial charge in [0.15, 0.2) is 9.84 Å². The standard InChI is InChI=1S/C12H19FN2O2S/c1-4-6-15-12(9(2)18(3,16)17)10-5-7-14-8-11(10)13/h5,7-9,12,15H,4,6H2,1-3H3. The molecule has 2 unspecified atom stereocenters. The lowest BCUT2D eigenvalue weighted by Gasteiger charge is -2.24. The van der Waals surface area contributed by atoms with Gasteiger partial charge in [0.25, 0.3) is 0 Å². The largest absolute Gasteiger partial charge is 0.309 e. The van der Waals surface area contributed by atoms with Crippen molar-refractivity contribution < 1.29 is 12.8 Å². The Morgan fingerprint density at radius 3 is 2.67 bits per heavy atom. The fraction of sp³-hybridized carbons (Fsp3) is 0.583. The number of aromatic nitrogens is 1. The average Bonchev–Trinajstić information content (AvgIpc) is 2.30. The van der Waals surface area contributed by atoms with E-state index < -0.39 is 26.9 Å². The molecule has 0 aliphatic carbocycles. The minimum atomic E-state index is -3.25. The fourth-order valence-corrected chi connectivity index (χ4v) is 2.45. The Bertz CT molecular complexity index is 491. The molecule has 0 saturated heterocycles. The molecule has 0 fully saturated rings. The van der Waals surface area contributed by atoms with Crippen LogP contribution in [0.25, 0.3) is 0 Å². The molecule has 0 amide bonds. The number of halogens is 1. The molecule has 0 spiro atoms. The van der Waals surface area contributed by atoms with Crippen LogP contribution in [0.1, 0.15) is 31.9 Å². The van der Waals surface area contributed by atoms with Crippen molar-refractivity contribution >= 4 is 9.84 Å². The second-order valence-electron chi connectivity index (χ2n) is 4.36. The number of hydrogen-bond donors (Lipinski definition) is 1. The first-order chi connectivity index (χ1) is 8.38. The predicted molar refractivity (Wildman–Crippen MR) is 69.5 cm³/mol. The molecule has 0 bridgehead atoms. The van der Waals surface area contributed by atoms with E-state index in [0.717, 1.165) is 18.9 Å². The number of nitrogens with one attached hydrogen (secondary N) is 1. The van der Waals surface area contributed by atoms with Gasteiger partial charge in [-0.1, -0.05) is 6.92 Å². The SMILES string of the molecule is CCCNC(c1ccncc1F)C(C)S(C)(=O)=O. The first-order valence-electron chi connectivity index (χ1n) is 5.89. The van der Waals surface area contributed by atoms with Gasteiger partial charge in [-0.25, -0.2) is 12.8 Å². The summed E-state index contributed by atoms with van der Waals surface area (Å²) < 4.78 is 37.0. The number of hydrogen-bond acceptors (Lipinski definition) is 4. The van der Waals surface area contributed by atoms with E-state index in [1.807, 2.05) is 6.92 Å². The van der Waals surface area contributed by atoms with Gasteiger partial charge in [-0.2, -0.15) is 0 Å². The van der Waals surface area contributed by atoms with Crippen molar-refractivity contribution in [3.05, 3.63) is 29.8 Å². The van der Waals surface area contributed by atoms with Crippen LogP contribution in [0.3, 0.4) is 0 Å². The molecule has 1 N–H and O–H groups in total. The van der Waals surface area contributed by atoms with E-state index in [2.05, 4.69) is 10.3 Å². The van der Waals surface area contributed by atoms with E-state index in [4.69, 9.17) is 0 Å². The van der Waals surface area contributed by atoms with Gasteiger partial charge in [0.2, 0.25) is 0 Å². The highest BCUT2D eigenvalue weighted by Gasteiger charge is 2.28. The highest BCUT2D eigenvalue weighted by atomic mass is 32.2. The Morgan fingerprint density at radius 1 is 1.50 bits per heavy atom. The molecule has 1 aromatic rings. The Kier molecular flexibility index (Phi) is 5.22. The molecule has 1 heterocycles. The first-order valence-corrected chi connectivity index (χ1v) is 7.85. The molecule has 1 aromatic heterocycles. The van der Waals surface area contributed by atoms with Crippen molar-refractivity contribution in [2.75, 3.05) is 12.8 Å². The van der Waals surface area contributed by atoms with E-state index >= 15 is 0 Å². The summed E-state index contributed by atoms with van der Waals surface area (Å²) in [6, 6.07) is 0.965. The molecule has 102 valence electrons. The third-order valence-corrected chi connectivity index (χ3v) is 4.52. The summed E-state index contributed by atoms with van der Waals surface area (Å²) in [5.74, 6) is -0.485. The van der Waals surface area contributed by atoms with Crippen LogP contribution >= 0.6 is 0 Å². The Hall–Kier alpha value is -1.01. The number of rotatable bonds is 6. The number of nitrogens with zero attached hydrogens (tertiary/aromatic N) is 1. The zero-order valence-electron chi connectivity index (χ0n) is 10.9. The Morgan fingerprint density at radius 2 is 2.17 bits per heavy atom. The molecule has 0 saturated carbocycles. The molecular formula is C12H19FN2O2S. The summed E-state index contributed by atoms with van der Waals surface area (Å²) in [5, 5.41) is 2.39. The van der Waals surface area contributed by atoms with E-state index in [1.54, 1.807) is 6.92 Å². The quantitative estimate of drug-likeness (QED) is 0.857. The van der Waals surface area contributed by atoms with Gasteiger partial charge in [0.05, 0.1) is 17.5 Å². The predicted octanol–water partition coefficient (Wildman–Crippen LogP) is 1.69. The van der Waals surface area contributed by atoms with Gasteiger partial charge in [-0.15, -0.1) is 0 Å². The second-order valence-corrected chi connectivity index (χ2v) is 6.77. The van der Waals surface area contributed by atoms with Crippen LogP contribution in [0.15, 0.2) is 18.5 Å². The van der Waals surface area contributed by atoms with Gasteiger partial charge in [-0.05, 0) is 26.0 Å². The summed E-state index contributed by atoms with van der Waals surface area (Å²) in [6.45, 7) is 4.19. The monoisotopic (exact) mass is 274 g/mol. The van der Waals surface area contributed by atoms with Gasteiger partial charge in [0, 0.05) is 18.0 Å². The van der Waals surface area contributed by atoms with Crippen LogP contribution in [-0.2, 0) is 9.84 Å². The molecule has 0 aromatic carbocycles. The summed E-state index contributed by atoms with van der Waals surface area (Å²) in [6.07, 6.45) is 4.58. The van der Waals surface area contributed by atoms with Gasteiger partial charge in [-0.3, -0.25) is 4.98 Å². The third-order valence-electron chi connectivity index (χ3n) is 2.90. The first kappa shape index (κ1) is 15.0. The van der Waals surface area contributed by atoms with Crippen LogP contribution < -0.4 is 5.32 Å². The summed E-state index contributed by atoms with van der Waals surface area (Å²) in [7, 11) is -3.25. The van der Waals surface area contributed by atoms with Crippen LogP contribution in [-0.4, -0.2) is 31.5 Å². The lowest BCUT2D eigenvalue weighted by Crippen LogP contribution is -2.36. The van der Waals surface area contributed by atoms with E-state index in [0.29, 0.717) is 12.1 Å². The Labute approximate surface area is 108 Å². The lowest BCUT2D eigenvalue weighted by atomic mass is 10.1. The highest BCUT2D eigenvalue weighted by molar-refractivity contribution is 7.91. The van der Waals surface area contributed by atoms with Crippen molar-refractivity contribution in [1.82, 2.24) is 10.3 Å². The molecule has 18 heavy (non-hydrogen) atoms. The van der Waals surface area contributed by atoms with Gasteiger partial charge >= 0.3 is 0 Å². The second kappa shape index (κ2) is 6.24. The number of pyridine rings is 1. The van der Waals surface area contributed by atoms with E-state index in [-0.39, 0.29) is 0 Å². The van der Waals surface area contributed by atoms with Crippen LogP contribution in [0.4, 0.5) is 4.39 Å². The van der Waals surface area contributed by atoms with Crippen molar-refractivity contribution in [3.63, 3.8) is 0 Å². The van der Waals surface area contributed by atoms with Gasteiger partial charge < -0.3 is 5.32 Å². The minimum Gasteiger partial charge on any atom is -0.309 e. The summed E-state index contributed by atoms with van der Waals surface area (Å²) in [4.78, 5) is 3.68. The zero-order valence-corrected chi connectivity index (χ0v) is 11.7. The highest BCUT2D eigenvalue weighted by Crippen LogP contribution is 2.23. The Balaban J connectivity index is 3.10. The van der Waals surface area contributed by atoms with Crippen LogP contribution in [0, 0.1) is 5.82 Å². The maximum absolute atomic E-state index is 13.7. The van der Waals surface area contributed by atoms with Crippen molar-refractivity contribution in [3.8, 4) is 0 Å². The lowest BCUT2D eigenvalue weighted by molar-refractivity contribution is 0.476. The molecule has 2 atom stereocenters. The molecular weight excluding hydrogens is 255 g/mol. The average molecular weight is 274 g/mol. The maximum atomic E-state index is 13.7. The summed E-state index contributed by atoms with van der Waals surface area (Å²) >= 11 is 0. The molecule has 4 nitrogen and oxygen atoms in total. The van der Waals surface area contributed by atoms with Crippen LogP contribution in [0.5, 0.6) is 0 Å². The normalized spacial score (nSPS) is 15.3. The van der Waals surface area contributed by atoms with Crippen molar-refractivity contribution in [1.29, 1.82) is 0 Å². The van der Waals surface area contributed by atoms with Gasteiger partial charge in [0.1, 0.15) is 5.82 Å². The zero-order chi connectivity index (χ0) is 13.8. The molecule has 1 rings (SSSR count). The smallest absolute Gasteiger partial charge is 0.151 e. The molecule has 6 heteroatoms. The van der Waals surface area contributed by atoms with Crippen LogP contribution in [0.2, 0.25) is 0 Å². The topological polar surface area (TPSA) is 59.1 Å². The molecule has 0 radical (unpaired) electrons. The summed E-state index contributed by atoms with van der Waals surface area (Å²) in [5.41, 5.74) is 0.344. The molecule has 0 aliphatic rings. The number of sulfone groups is 1. The van der Waals surface area contributed by atoms with Crippen molar-refractivity contribution in [2.24, 2.45) is 0 Å². The minimum absolute atomic E-state index is 0.344. The fourth-order valence-electron chi connectivity index (χ4n) is 1.71. The van der Waals surface area contributed by atoms with Crippen molar-refractivity contribution in [2.45, 2.75) is 31.6 Å². The third kappa shape index (κ3) is 3.74. The maximum Gasteiger partial charge on any atom is 0.151 e. The van der Waals surface area contributed by atoms with E-state index in [1.165, 1.54) is 12.3 Å². The molecule has 0 aliphatic heterocycles.